The van der Waals surface area contributed by atoms with E-state index in [1.165, 1.54) is 6.92 Å². The van der Waals surface area contributed by atoms with E-state index in [-0.39, 0.29) is 19.3 Å². The third kappa shape index (κ3) is 9.30. The SMILES string of the molecule is CC(O)C(NC(=O)C(CCCCN)NC(=O)C(N)CCC(N)=O)C(=O)O. The number of carboxylic acids is 1. The van der Waals surface area contributed by atoms with Crippen molar-refractivity contribution < 1.29 is 29.4 Å². The molecule has 0 aromatic carbocycles. The molecule has 0 aromatic rings. The van der Waals surface area contributed by atoms with E-state index in [9.17, 15) is 24.3 Å². The van der Waals surface area contributed by atoms with Crippen LogP contribution in [0.4, 0.5) is 0 Å². The summed E-state index contributed by atoms with van der Waals surface area (Å²) in [7, 11) is 0. The molecular formula is C15H29N5O6. The number of rotatable bonds is 13. The zero-order valence-corrected chi connectivity index (χ0v) is 14.8. The van der Waals surface area contributed by atoms with E-state index in [0.717, 1.165) is 0 Å². The maximum absolute atomic E-state index is 12.3. The molecule has 4 unspecified atom stereocenters. The summed E-state index contributed by atoms with van der Waals surface area (Å²) in [5.41, 5.74) is 16.1. The molecule has 26 heavy (non-hydrogen) atoms. The molecule has 4 atom stereocenters. The van der Waals surface area contributed by atoms with E-state index in [1.807, 2.05) is 0 Å². The van der Waals surface area contributed by atoms with Crippen molar-refractivity contribution in [3.8, 4) is 0 Å². The minimum Gasteiger partial charge on any atom is -0.480 e. The van der Waals surface area contributed by atoms with Crippen molar-refractivity contribution in [2.75, 3.05) is 6.54 Å². The maximum Gasteiger partial charge on any atom is 0.328 e. The Kier molecular flexibility index (Phi) is 11.1. The van der Waals surface area contributed by atoms with Crippen molar-refractivity contribution in [1.29, 1.82) is 0 Å². The summed E-state index contributed by atoms with van der Waals surface area (Å²) >= 11 is 0. The number of primary amides is 1. The number of aliphatic carboxylic acids is 1. The van der Waals surface area contributed by atoms with Crippen LogP contribution in [-0.2, 0) is 19.2 Å². The fourth-order valence-electron chi connectivity index (χ4n) is 2.11. The smallest absolute Gasteiger partial charge is 0.328 e. The monoisotopic (exact) mass is 375 g/mol. The van der Waals surface area contributed by atoms with Crippen LogP contribution in [0.5, 0.6) is 0 Å². The first kappa shape index (κ1) is 23.8. The second kappa shape index (κ2) is 12.2. The van der Waals surface area contributed by atoms with Crippen LogP contribution in [0, 0.1) is 0 Å². The largest absolute Gasteiger partial charge is 0.480 e. The van der Waals surface area contributed by atoms with Crippen LogP contribution >= 0.6 is 0 Å². The molecule has 10 N–H and O–H groups in total. The average molecular weight is 375 g/mol. The number of unbranched alkanes of at least 4 members (excludes halogenated alkanes) is 1. The van der Waals surface area contributed by atoms with Gasteiger partial charge in [0.25, 0.3) is 0 Å². The first-order chi connectivity index (χ1) is 12.1. The van der Waals surface area contributed by atoms with Gasteiger partial charge in [-0.2, -0.15) is 0 Å². The van der Waals surface area contributed by atoms with Crippen molar-refractivity contribution in [1.82, 2.24) is 10.6 Å². The van der Waals surface area contributed by atoms with Gasteiger partial charge in [0.15, 0.2) is 6.04 Å². The van der Waals surface area contributed by atoms with Gasteiger partial charge in [0.1, 0.15) is 6.04 Å². The second-order valence-corrected chi connectivity index (χ2v) is 6.02. The lowest BCUT2D eigenvalue weighted by Crippen LogP contribution is -2.56. The maximum atomic E-state index is 12.3. The van der Waals surface area contributed by atoms with E-state index >= 15 is 0 Å². The van der Waals surface area contributed by atoms with Crippen LogP contribution in [0.15, 0.2) is 0 Å². The lowest BCUT2D eigenvalue weighted by molar-refractivity contribution is -0.145. The molecular weight excluding hydrogens is 346 g/mol. The van der Waals surface area contributed by atoms with Gasteiger partial charge < -0.3 is 38.0 Å². The zero-order valence-electron chi connectivity index (χ0n) is 14.8. The molecule has 0 spiro atoms. The van der Waals surface area contributed by atoms with E-state index in [4.69, 9.17) is 22.3 Å². The Bertz CT molecular complexity index is 499. The van der Waals surface area contributed by atoms with Gasteiger partial charge in [-0.15, -0.1) is 0 Å². The molecule has 11 heteroatoms. The Morgan fingerprint density at radius 2 is 1.65 bits per heavy atom. The van der Waals surface area contributed by atoms with E-state index in [2.05, 4.69) is 10.6 Å². The van der Waals surface area contributed by atoms with Gasteiger partial charge in [0.05, 0.1) is 12.1 Å². The number of aliphatic hydroxyl groups excluding tert-OH is 1. The molecule has 0 aliphatic heterocycles. The highest BCUT2D eigenvalue weighted by Gasteiger charge is 2.30. The topological polar surface area (TPSA) is 211 Å². The van der Waals surface area contributed by atoms with Gasteiger partial charge in [-0.3, -0.25) is 14.4 Å². The Labute approximate surface area is 151 Å². The van der Waals surface area contributed by atoms with Crippen LogP contribution in [0.3, 0.4) is 0 Å². The summed E-state index contributed by atoms with van der Waals surface area (Å²) in [6.07, 6.45) is -0.0616. The summed E-state index contributed by atoms with van der Waals surface area (Å²) in [5, 5.41) is 23.1. The van der Waals surface area contributed by atoms with Gasteiger partial charge in [0.2, 0.25) is 17.7 Å². The third-order valence-corrected chi connectivity index (χ3v) is 3.66. The molecule has 0 aliphatic rings. The van der Waals surface area contributed by atoms with Crippen molar-refractivity contribution in [3.63, 3.8) is 0 Å². The summed E-state index contributed by atoms with van der Waals surface area (Å²) in [6, 6.07) is -3.60. The molecule has 0 radical (unpaired) electrons. The fraction of sp³-hybridized carbons (Fsp3) is 0.733. The summed E-state index contributed by atoms with van der Waals surface area (Å²) in [6.45, 7) is 1.62. The van der Waals surface area contributed by atoms with Crippen LogP contribution in [0.2, 0.25) is 0 Å². The number of carboxylic acid groups (broad SMARTS) is 1. The highest BCUT2D eigenvalue weighted by molar-refractivity contribution is 5.92. The molecule has 0 saturated carbocycles. The highest BCUT2D eigenvalue weighted by Crippen LogP contribution is 2.04. The first-order valence-corrected chi connectivity index (χ1v) is 8.35. The highest BCUT2D eigenvalue weighted by atomic mass is 16.4. The van der Waals surface area contributed by atoms with Gasteiger partial charge in [-0.1, -0.05) is 0 Å². The predicted molar refractivity (Wildman–Crippen MR) is 92.5 cm³/mol. The van der Waals surface area contributed by atoms with E-state index in [1.54, 1.807) is 0 Å². The molecule has 0 fully saturated rings. The van der Waals surface area contributed by atoms with Crippen molar-refractivity contribution in [3.05, 3.63) is 0 Å². The van der Waals surface area contributed by atoms with Crippen LogP contribution in [-0.4, -0.2) is 64.7 Å². The lowest BCUT2D eigenvalue weighted by Gasteiger charge is -2.24. The molecule has 3 amide bonds. The Morgan fingerprint density at radius 1 is 1.04 bits per heavy atom. The van der Waals surface area contributed by atoms with Gasteiger partial charge in [-0.25, -0.2) is 4.79 Å². The minimum atomic E-state index is -1.51. The molecule has 0 bridgehead atoms. The Morgan fingerprint density at radius 3 is 2.12 bits per heavy atom. The van der Waals surface area contributed by atoms with Gasteiger partial charge in [-0.05, 0) is 39.2 Å². The summed E-state index contributed by atoms with van der Waals surface area (Å²) in [4.78, 5) is 46.3. The molecule has 11 nitrogen and oxygen atoms in total. The number of amides is 3. The van der Waals surface area contributed by atoms with Crippen LogP contribution in [0.25, 0.3) is 0 Å². The van der Waals surface area contributed by atoms with Crippen LogP contribution < -0.4 is 27.8 Å². The Hall–Kier alpha value is -2.24. The average Bonchev–Trinajstić information content (AvgIpc) is 2.55. The number of carbonyl (C=O) groups excluding carboxylic acids is 3. The third-order valence-electron chi connectivity index (χ3n) is 3.66. The molecule has 0 rings (SSSR count). The number of nitrogens with two attached hydrogens (primary N) is 3. The fourth-order valence-corrected chi connectivity index (χ4v) is 2.11. The standard InChI is InChI=1S/C15H29N5O6/c1-8(21)12(15(25)26)20-14(24)10(4-2-3-7-16)19-13(23)9(17)5-6-11(18)22/h8-10,12,21H,2-7,16-17H2,1H3,(H2,18,22)(H,19,23)(H,20,24)(H,25,26). The van der Waals surface area contributed by atoms with Crippen molar-refractivity contribution in [2.24, 2.45) is 17.2 Å². The summed E-state index contributed by atoms with van der Waals surface area (Å²) < 4.78 is 0. The van der Waals surface area contributed by atoms with Crippen molar-refractivity contribution >= 4 is 23.7 Å². The lowest BCUT2D eigenvalue weighted by atomic mass is 10.1. The van der Waals surface area contributed by atoms with Crippen LogP contribution in [0.1, 0.15) is 39.0 Å². The zero-order chi connectivity index (χ0) is 20.3. The number of hydrogen-bond acceptors (Lipinski definition) is 7. The van der Waals surface area contributed by atoms with Crippen molar-refractivity contribution in [2.45, 2.75) is 63.3 Å². The molecule has 150 valence electrons. The number of carbonyl (C=O) groups is 4. The molecule has 0 saturated heterocycles. The predicted octanol–water partition coefficient (Wildman–Crippen LogP) is -2.86. The summed E-state index contributed by atoms with van der Waals surface area (Å²) in [5.74, 6) is -3.43. The first-order valence-electron chi connectivity index (χ1n) is 8.35. The van der Waals surface area contributed by atoms with E-state index < -0.39 is 47.9 Å². The quantitative estimate of drug-likeness (QED) is 0.166. The second-order valence-electron chi connectivity index (χ2n) is 6.02. The number of hydrogen-bond donors (Lipinski definition) is 7. The normalized spacial score (nSPS) is 15.4. The van der Waals surface area contributed by atoms with Gasteiger partial charge in [0, 0.05) is 6.42 Å². The minimum absolute atomic E-state index is 0.0176. The molecule has 0 heterocycles. The van der Waals surface area contributed by atoms with E-state index in [0.29, 0.717) is 19.4 Å². The van der Waals surface area contributed by atoms with Gasteiger partial charge >= 0.3 is 5.97 Å². The number of nitrogens with one attached hydrogen (secondary N) is 2. The molecule has 0 aliphatic carbocycles. The number of aliphatic hydroxyl groups is 1. The Balaban J connectivity index is 4.96. The molecule has 0 aromatic heterocycles.